The van der Waals surface area contributed by atoms with Gasteiger partial charge in [0.15, 0.2) is 5.65 Å². The fourth-order valence-electron chi connectivity index (χ4n) is 4.07. The van der Waals surface area contributed by atoms with Crippen molar-refractivity contribution >= 4 is 44.9 Å². The number of carbonyl (C=O) groups is 1. The smallest absolute Gasteiger partial charge is 0.230 e. The molecule has 0 bridgehead atoms. The molecule has 2 aromatic carbocycles. The van der Waals surface area contributed by atoms with Gasteiger partial charge in [0.1, 0.15) is 5.82 Å². The summed E-state index contributed by atoms with van der Waals surface area (Å²) in [4.78, 5) is 17.5. The molecule has 0 saturated heterocycles. The Balaban J connectivity index is 1.24. The molecule has 1 amide bonds. The number of amides is 1. The summed E-state index contributed by atoms with van der Waals surface area (Å²) in [6.45, 7) is 1.28. The zero-order valence-corrected chi connectivity index (χ0v) is 20.2. The van der Waals surface area contributed by atoms with Crippen LogP contribution in [0.4, 0.5) is 5.82 Å². The number of hydrogen-bond donors (Lipinski definition) is 2. The van der Waals surface area contributed by atoms with E-state index in [0.717, 1.165) is 46.4 Å². The minimum Gasteiger partial charge on any atom is -0.370 e. The summed E-state index contributed by atoms with van der Waals surface area (Å²) in [5.74, 6) is 0.937. The summed E-state index contributed by atoms with van der Waals surface area (Å²) in [6.07, 6.45) is 4.33. The van der Waals surface area contributed by atoms with Crippen molar-refractivity contribution in [2.24, 2.45) is 0 Å². The van der Waals surface area contributed by atoms with E-state index in [2.05, 4.69) is 31.7 Å². The van der Waals surface area contributed by atoms with E-state index in [0.29, 0.717) is 23.8 Å². The number of carbonyl (C=O) groups excluding carboxylic acids is 1. The third kappa shape index (κ3) is 4.35. The maximum atomic E-state index is 12.8. The van der Waals surface area contributed by atoms with Gasteiger partial charge in [-0.1, -0.05) is 60.1 Å². The van der Waals surface area contributed by atoms with E-state index in [-0.39, 0.29) is 11.3 Å². The Morgan fingerprint density at radius 3 is 2.61 bits per heavy atom. The van der Waals surface area contributed by atoms with Crippen LogP contribution in [0, 0.1) is 0 Å². The SMILES string of the molecule is O=C(NCCCNc1cc(-c2ccccc2Cl)nc2c(Br)cnn12)C1(c2ccccc2)CC1. The van der Waals surface area contributed by atoms with Gasteiger partial charge in [-0.15, -0.1) is 0 Å². The molecule has 6 nitrogen and oxygen atoms in total. The molecule has 2 aromatic heterocycles. The van der Waals surface area contributed by atoms with Gasteiger partial charge in [-0.25, -0.2) is 4.98 Å². The highest BCUT2D eigenvalue weighted by Gasteiger charge is 2.50. The van der Waals surface area contributed by atoms with Gasteiger partial charge < -0.3 is 10.6 Å². The molecule has 33 heavy (non-hydrogen) atoms. The van der Waals surface area contributed by atoms with Crippen molar-refractivity contribution in [3.8, 4) is 11.3 Å². The molecule has 2 heterocycles. The summed E-state index contributed by atoms with van der Waals surface area (Å²) in [5.41, 5.74) is 3.11. The summed E-state index contributed by atoms with van der Waals surface area (Å²) < 4.78 is 2.57. The molecule has 4 aromatic rings. The van der Waals surface area contributed by atoms with Crippen molar-refractivity contribution in [1.82, 2.24) is 19.9 Å². The van der Waals surface area contributed by atoms with Crippen LogP contribution in [0.25, 0.3) is 16.9 Å². The normalized spacial score (nSPS) is 14.2. The molecule has 5 rings (SSSR count). The predicted octanol–water partition coefficient (Wildman–Crippen LogP) is 5.46. The lowest BCUT2D eigenvalue weighted by Crippen LogP contribution is -2.35. The van der Waals surface area contributed by atoms with Crippen molar-refractivity contribution < 1.29 is 4.79 Å². The minimum absolute atomic E-state index is 0.122. The Labute approximate surface area is 205 Å². The number of aromatic nitrogens is 3. The Hall–Kier alpha value is -2.90. The fraction of sp³-hybridized carbons (Fsp3) is 0.240. The number of rotatable bonds is 8. The van der Waals surface area contributed by atoms with Crippen molar-refractivity contribution in [2.75, 3.05) is 18.4 Å². The monoisotopic (exact) mass is 523 g/mol. The van der Waals surface area contributed by atoms with Crippen LogP contribution in [-0.2, 0) is 10.2 Å². The number of anilines is 1. The molecule has 168 valence electrons. The number of nitrogens with zero attached hydrogens (tertiary/aromatic N) is 3. The van der Waals surface area contributed by atoms with Crippen LogP contribution in [0.1, 0.15) is 24.8 Å². The highest BCUT2D eigenvalue weighted by molar-refractivity contribution is 9.10. The standard InChI is InChI=1S/C25H23BrClN5O/c26-19-16-30-32-22(15-21(31-23(19)32)18-9-4-5-10-20(18)27)28-13-6-14-29-24(33)25(11-12-25)17-7-2-1-3-8-17/h1-5,7-10,15-16,28H,6,11-14H2,(H,29,33). The molecule has 1 saturated carbocycles. The Morgan fingerprint density at radius 2 is 1.85 bits per heavy atom. The van der Waals surface area contributed by atoms with E-state index in [9.17, 15) is 4.79 Å². The first-order valence-electron chi connectivity index (χ1n) is 11.0. The highest BCUT2D eigenvalue weighted by atomic mass is 79.9. The van der Waals surface area contributed by atoms with Crippen LogP contribution in [-0.4, -0.2) is 33.6 Å². The number of nitrogens with one attached hydrogen (secondary N) is 2. The van der Waals surface area contributed by atoms with Crippen molar-refractivity contribution in [3.05, 3.63) is 81.9 Å². The van der Waals surface area contributed by atoms with E-state index in [1.54, 1.807) is 10.7 Å². The molecule has 1 aliphatic carbocycles. The van der Waals surface area contributed by atoms with E-state index >= 15 is 0 Å². The second-order valence-corrected chi connectivity index (χ2v) is 9.48. The Bertz CT molecular complexity index is 1300. The molecule has 8 heteroatoms. The molecule has 0 unspecified atom stereocenters. The Morgan fingerprint density at radius 1 is 1.09 bits per heavy atom. The molecule has 0 radical (unpaired) electrons. The van der Waals surface area contributed by atoms with Crippen LogP contribution in [0.15, 0.2) is 71.3 Å². The topological polar surface area (TPSA) is 71.3 Å². The zero-order chi connectivity index (χ0) is 22.8. The van der Waals surface area contributed by atoms with Gasteiger partial charge in [0.2, 0.25) is 5.91 Å². The number of halogens is 2. The molecule has 0 aliphatic heterocycles. The highest BCUT2D eigenvalue weighted by Crippen LogP contribution is 2.48. The number of hydrogen-bond acceptors (Lipinski definition) is 4. The van der Waals surface area contributed by atoms with Gasteiger partial charge in [-0.3, -0.25) is 4.79 Å². The van der Waals surface area contributed by atoms with E-state index in [4.69, 9.17) is 16.6 Å². The van der Waals surface area contributed by atoms with Gasteiger partial charge >= 0.3 is 0 Å². The molecule has 0 atom stereocenters. The van der Waals surface area contributed by atoms with E-state index < -0.39 is 0 Å². The largest absolute Gasteiger partial charge is 0.370 e. The van der Waals surface area contributed by atoms with Crippen LogP contribution in [0.2, 0.25) is 5.02 Å². The lowest BCUT2D eigenvalue weighted by Gasteiger charge is -2.16. The first-order chi connectivity index (χ1) is 16.1. The summed E-state index contributed by atoms with van der Waals surface area (Å²) in [7, 11) is 0. The third-order valence-electron chi connectivity index (χ3n) is 6.03. The second-order valence-electron chi connectivity index (χ2n) is 8.22. The molecule has 2 N–H and O–H groups in total. The van der Waals surface area contributed by atoms with Gasteiger partial charge in [-0.2, -0.15) is 9.61 Å². The quantitative estimate of drug-likeness (QED) is 0.300. The number of benzene rings is 2. The van der Waals surface area contributed by atoms with Gasteiger partial charge in [0.25, 0.3) is 0 Å². The maximum absolute atomic E-state index is 12.8. The van der Waals surface area contributed by atoms with Crippen LogP contribution in [0.3, 0.4) is 0 Å². The van der Waals surface area contributed by atoms with Crippen LogP contribution in [0.5, 0.6) is 0 Å². The average Bonchev–Trinajstić information content (AvgIpc) is 3.57. The minimum atomic E-state index is -0.336. The van der Waals surface area contributed by atoms with Crippen LogP contribution >= 0.6 is 27.5 Å². The van der Waals surface area contributed by atoms with Crippen molar-refractivity contribution in [1.29, 1.82) is 0 Å². The zero-order valence-electron chi connectivity index (χ0n) is 17.9. The molecular weight excluding hydrogens is 502 g/mol. The van der Waals surface area contributed by atoms with Crippen molar-refractivity contribution in [2.45, 2.75) is 24.7 Å². The second kappa shape index (κ2) is 9.15. The van der Waals surface area contributed by atoms with Crippen molar-refractivity contribution in [3.63, 3.8) is 0 Å². The van der Waals surface area contributed by atoms with Gasteiger partial charge in [0.05, 0.1) is 21.8 Å². The number of fused-ring (bicyclic) bond motifs is 1. The van der Waals surface area contributed by atoms with E-state index in [1.807, 2.05) is 60.7 Å². The summed E-state index contributed by atoms with van der Waals surface area (Å²) in [5, 5.41) is 11.6. The van der Waals surface area contributed by atoms with Gasteiger partial charge in [0, 0.05) is 29.7 Å². The van der Waals surface area contributed by atoms with Gasteiger partial charge in [-0.05, 0) is 46.8 Å². The van der Waals surface area contributed by atoms with E-state index in [1.165, 1.54) is 0 Å². The maximum Gasteiger partial charge on any atom is 0.230 e. The first kappa shape index (κ1) is 21.9. The first-order valence-corrected chi connectivity index (χ1v) is 12.1. The van der Waals surface area contributed by atoms with Crippen LogP contribution < -0.4 is 10.6 Å². The predicted molar refractivity (Wildman–Crippen MR) is 135 cm³/mol. The summed E-state index contributed by atoms with van der Waals surface area (Å²) in [6, 6.07) is 19.6. The third-order valence-corrected chi connectivity index (χ3v) is 6.92. The molecule has 1 fully saturated rings. The lowest BCUT2D eigenvalue weighted by atomic mass is 9.95. The lowest BCUT2D eigenvalue weighted by molar-refractivity contribution is -0.123. The Kier molecular flexibility index (Phi) is 6.08. The summed E-state index contributed by atoms with van der Waals surface area (Å²) >= 11 is 9.93. The molecule has 0 spiro atoms. The molecule has 1 aliphatic rings. The molecular formula is C25H23BrClN5O. The fourth-order valence-corrected chi connectivity index (χ4v) is 4.65. The average molecular weight is 525 g/mol.